The van der Waals surface area contributed by atoms with Gasteiger partial charge in [0.25, 0.3) is 0 Å². The number of hydrogen-bond donors (Lipinski definition) is 1. The molecule has 156 valence electrons. The third-order valence-corrected chi connectivity index (χ3v) is 5.90. The maximum absolute atomic E-state index is 11.6. The predicted octanol–water partition coefficient (Wildman–Crippen LogP) is 1.53. The van der Waals surface area contributed by atoms with E-state index in [1.54, 1.807) is 13.3 Å². The van der Waals surface area contributed by atoms with Crippen molar-refractivity contribution in [3.8, 4) is 0 Å². The summed E-state index contributed by atoms with van der Waals surface area (Å²) in [6, 6.07) is 0. The quantitative estimate of drug-likeness (QED) is 0.590. The van der Waals surface area contributed by atoms with Crippen molar-refractivity contribution in [2.45, 2.75) is 58.9 Å². The fraction of sp³-hybridized carbons (Fsp3) is 0.800. The third-order valence-electron chi connectivity index (χ3n) is 5.90. The molecule has 1 saturated carbocycles. The number of nitrogens with one attached hydrogen (secondary N) is 1. The standard InChI is InChI=1S/C20H35N7O/c1-3-19-24-23-16-27(19)10-9-21-20(22-15-18-7-5-4-6-8-18)26-13-11-25(12-14-26)17(2)28/h16,18H,3-15H2,1-2H3,(H,21,22). The second-order valence-electron chi connectivity index (χ2n) is 7.88. The molecule has 0 atom stereocenters. The van der Waals surface area contributed by atoms with Gasteiger partial charge >= 0.3 is 0 Å². The number of piperazine rings is 1. The Kier molecular flexibility index (Phi) is 7.68. The molecule has 0 bridgehead atoms. The molecule has 8 nitrogen and oxygen atoms in total. The van der Waals surface area contributed by atoms with Crippen molar-refractivity contribution in [2.24, 2.45) is 10.9 Å². The minimum Gasteiger partial charge on any atom is -0.354 e. The lowest BCUT2D eigenvalue weighted by Crippen LogP contribution is -2.53. The van der Waals surface area contributed by atoms with Crippen molar-refractivity contribution in [3.63, 3.8) is 0 Å². The van der Waals surface area contributed by atoms with Gasteiger partial charge in [0.1, 0.15) is 12.2 Å². The Labute approximate surface area is 168 Å². The molecule has 1 aromatic rings. The molecule has 0 aromatic carbocycles. The molecule has 8 heteroatoms. The van der Waals surface area contributed by atoms with Gasteiger partial charge in [0.2, 0.25) is 5.91 Å². The number of aromatic nitrogens is 3. The van der Waals surface area contributed by atoms with Crippen LogP contribution in [-0.4, -0.2) is 75.7 Å². The summed E-state index contributed by atoms with van der Waals surface area (Å²) in [6.45, 7) is 9.48. The number of aryl methyl sites for hydroxylation is 1. The Morgan fingerprint density at radius 1 is 1.18 bits per heavy atom. The van der Waals surface area contributed by atoms with Crippen molar-refractivity contribution in [1.29, 1.82) is 0 Å². The van der Waals surface area contributed by atoms with Crippen LogP contribution in [0, 0.1) is 5.92 Å². The van der Waals surface area contributed by atoms with Crippen LogP contribution in [-0.2, 0) is 17.8 Å². The summed E-state index contributed by atoms with van der Waals surface area (Å²) >= 11 is 0. The largest absolute Gasteiger partial charge is 0.354 e. The molecule has 1 N–H and O–H groups in total. The van der Waals surface area contributed by atoms with Gasteiger partial charge in [-0.2, -0.15) is 0 Å². The molecule has 3 rings (SSSR count). The maximum Gasteiger partial charge on any atom is 0.219 e. The average molecular weight is 390 g/mol. The fourth-order valence-corrected chi connectivity index (χ4v) is 4.11. The zero-order valence-electron chi connectivity index (χ0n) is 17.4. The lowest BCUT2D eigenvalue weighted by atomic mass is 9.89. The van der Waals surface area contributed by atoms with Crippen molar-refractivity contribution in [2.75, 3.05) is 39.3 Å². The van der Waals surface area contributed by atoms with E-state index in [2.05, 4.69) is 31.9 Å². The average Bonchev–Trinajstić information content (AvgIpc) is 3.19. The van der Waals surface area contributed by atoms with Gasteiger partial charge in [0.05, 0.1) is 0 Å². The van der Waals surface area contributed by atoms with E-state index in [1.807, 2.05) is 4.90 Å². The van der Waals surface area contributed by atoms with E-state index in [-0.39, 0.29) is 5.91 Å². The van der Waals surface area contributed by atoms with Crippen LogP contribution in [0.5, 0.6) is 0 Å². The number of hydrogen-bond acceptors (Lipinski definition) is 4. The highest BCUT2D eigenvalue weighted by Crippen LogP contribution is 2.23. The molecule has 0 radical (unpaired) electrons. The molecule has 2 heterocycles. The molecule has 1 amide bonds. The first-order valence-corrected chi connectivity index (χ1v) is 10.8. The van der Waals surface area contributed by atoms with Crippen LogP contribution in [0.1, 0.15) is 51.8 Å². The maximum atomic E-state index is 11.6. The van der Waals surface area contributed by atoms with Crippen molar-refractivity contribution >= 4 is 11.9 Å². The summed E-state index contributed by atoms with van der Waals surface area (Å²) in [7, 11) is 0. The molecule has 0 spiro atoms. The number of carbonyl (C=O) groups is 1. The summed E-state index contributed by atoms with van der Waals surface area (Å²) in [5, 5.41) is 11.7. The monoisotopic (exact) mass is 389 g/mol. The van der Waals surface area contributed by atoms with E-state index in [1.165, 1.54) is 32.1 Å². The second-order valence-corrected chi connectivity index (χ2v) is 7.88. The van der Waals surface area contributed by atoms with Crippen LogP contribution in [0.15, 0.2) is 11.3 Å². The van der Waals surface area contributed by atoms with Gasteiger partial charge < -0.3 is 19.7 Å². The Morgan fingerprint density at radius 2 is 1.89 bits per heavy atom. The Morgan fingerprint density at radius 3 is 2.57 bits per heavy atom. The first-order chi connectivity index (χ1) is 13.7. The normalized spacial score (nSPS) is 19.1. The van der Waals surface area contributed by atoms with E-state index < -0.39 is 0 Å². The Balaban J connectivity index is 1.58. The molecule has 28 heavy (non-hydrogen) atoms. The van der Waals surface area contributed by atoms with E-state index in [9.17, 15) is 4.79 Å². The van der Waals surface area contributed by atoms with Gasteiger partial charge in [-0.1, -0.05) is 26.2 Å². The SMILES string of the molecule is CCc1nncn1CCNC(=NCC1CCCCC1)N1CCN(C(C)=O)CC1. The molecule has 1 aliphatic carbocycles. The molecule has 1 aromatic heterocycles. The van der Waals surface area contributed by atoms with E-state index in [0.717, 1.165) is 64.0 Å². The van der Waals surface area contributed by atoms with E-state index in [0.29, 0.717) is 5.92 Å². The van der Waals surface area contributed by atoms with Crippen molar-refractivity contribution < 1.29 is 4.79 Å². The van der Waals surface area contributed by atoms with Gasteiger partial charge in [-0.15, -0.1) is 10.2 Å². The van der Waals surface area contributed by atoms with Crippen molar-refractivity contribution in [1.82, 2.24) is 29.9 Å². The van der Waals surface area contributed by atoms with Gasteiger partial charge in [-0.3, -0.25) is 9.79 Å². The molecule has 2 aliphatic rings. The first-order valence-electron chi connectivity index (χ1n) is 10.8. The summed E-state index contributed by atoms with van der Waals surface area (Å²) in [6.07, 6.45) is 9.34. The Hall–Kier alpha value is -2.12. The molecule has 1 aliphatic heterocycles. The second kappa shape index (κ2) is 10.4. The summed E-state index contributed by atoms with van der Waals surface area (Å²) < 4.78 is 2.10. The molecular weight excluding hydrogens is 354 g/mol. The van der Waals surface area contributed by atoms with E-state index in [4.69, 9.17) is 4.99 Å². The zero-order valence-corrected chi connectivity index (χ0v) is 17.4. The summed E-state index contributed by atoms with van der Waals surface area (Å²) in [5.74, 6) is 2.87. The number of aliphatic imine (C=N–C) groups is 1. The van der Waals surface area contributed by atoms with Crippen molar-refractivity contribution in [3.05, 3.63) is 12.2 Å². The van der Waals surface area contributed by atoms with E-state index >= 15 is 0 Å². The number of nitrogens with zero attached hydrogens (tertiary/aromatic N) is 6. The number of amides is 1. The molecule has 1 saturated heterocycles. The lowest BCUT2D eigenvalue weighted by molar-refractivity contribution is -0.130. The predicted molar refractivity (Wildman–Crippen MR) is 110 cm³/mol. The van der Waals surface area contributed by atoms with Crippen LogP contribution in [0.2, 0.25) is 0 Å². The lowest BCUT2D eigenvalue weighted by Gasteiger charge is -2.36. The van der Waals surface area contributed by atoms with Crippen LogP contribution in [0.4, 0.5) is 0 Å². The molecule has 2 fully saturated rings. The van der Waals surface area contributed by atoms with Crippen LogP contribution >= 0.6 is 0 Å². The molecular formula is C20H35N7O. The Bertz CT molecular complexity index is 643. The number of carbonyl (C=O) groups excluding carboxylic acids is 1. The number of guanidine groups is 1. The first kappa shape index (κ1) is 20.6. The van der Waals surface area contributed by atoms with Crippen LogP contribution in [0.3, 0.4) is 0 Å². The van der Waals surface area contributed by atoms with Gasteiger partial charge in [0, 0.05) is 59.2 Å². The van der Waals surface area contributed by atoms with Gasteiger partial charge in [0.15, 0.2) is 5.96 Å². The minimum absolute atomic E-state index is 0.160. The number of rotatable bonds is 6. The van der Waals surface area contributed by atoms with Crippen LogP contribution in [0.25, 0.3) is 0 Å². The fourth-order valence-electron chi connectivity index (χ4n) is 4.11. The smallest absolute Gasteiger partial charge is 0.219 e. The third kappa shape index (κ3) is 5.69. The topological polar surface area (TPSA) is 78.7 Å². The summed E-state index contributed by atoms with van der Waals surface area (Å²) in [5.41, 5.74) is 0. The van der Waals surface area contributed by atoms with Gasteiger partial charge in [-0.05, 0) is 18.8 Å². The molecule has 0 unspecified atom stereocenters. The minimum atomic E-state index is 0.160. The highest BCUT2D eigenvalue weighted by Gasteiger charge is 2.22. The van der Waals surface area contributed by atoms with Gasteiger partial charge in [-0.25, -0.2) is 0 Å². The highest BCUT2D eigenvalue weighted by atomic mass is 16.2. The summed E-state index contributed by atoms with van der Waals surface area (Å²) in [4.78, 5) is 20.8. The van der Waals surface area contributed by atoms with Crippen LogP contribution < -0.4 is 5.32 Å². The highest BCUT2D eigenvalue weighted by molar-refractivity contribution is 5.80. The zero-order chi connectivity index (χ0) is 19.8.